The number of likely N-dealkylation sites (tertiary alicyclic amines) is 1. The Morgan fingerprint density at radius 3 is 3.00 bits per heavy atom. The standard InChI is InChI=1S/C14H23NOS/c1-2-8-15-9-4-6-14(16,7-10-15)12-13-5-3-11-17-13/h3,5,11,16H,2,4,6-10,12H2,1H3. The van der Waals surface area contributed by atoms with E-state index in [9.17, 15) is 5.11 Å². The van der Waals surface area contributed by atoms with Gasteiger partial charge in [-0.25, -0.2) is 0 Å². The van der Waals surface area contributed by atoms with E-state index in [1.54, 1.807) is 11.3 Å². The van der Waals surface area contributed by atoms with Gasteiger partial charge in [0, 0.05) is 17.8 Å². The average molecular weight is 253 g/mol. The molecule has 0 radical (unpaired) electrons. The molecule has 1 fully saturated rings. The van der Waals surface area contributed by atoms with Gasteiger partial charge < -0.3 is 10.0 Å². The summed E-state index contributed by atoms with van der Waals surface area (Å²) in [5.41, 5.74) is -0.465. The summed E-state index contributed by atoms with van der Waals surface area (Å²) in [6.45, 7) is 5.61. The summed E-state index contributed by atoms with van der Waals surface area (Å²) >= 11 is 1.76. The fraction of sp³-hybridized carbons (Fsp3) is 0.714. The molecule has 1 unspecified atom stereocenters. The lowest BCUT2D eigenvalue weighted by atomic mass is 9.90. The lowest BCUT2D eigenvalue weighted by Gasteiger charge is -2.26. The maximum absolute atomic E-state index is 10.7. The van der Waals surface area contributed by atoms with E-state index in [1.165, 1.54) is 17.8 Å². The van der Waals surface area contributed by atoms with Crippen molar-refractivity contribution in [1.82, 2.24) is 4.90 Å². The van der Waals surface area contributed by atoms with Crippen LogP contribution < -0.4 is 0 Å². The van der Waals surface area contributed by atoms with E-state index in [-0.39, 0.29) is 0 Å². The molecule has 1 aliphatic rings. The summed E-state index contributed by atoms with van der Waals surface area (Å²) in [4.78, 5) is 3.81. The highest BCUT2D eigenvalue weighted by molar-refractivity contribution is 7.09. The van der Waals surface area contributed by atoms with Crippen LogP contribution in [0.4, 0.5) is 0 Å². The van der Waals surface area contributed by atoms with Crippen molar-refractivity contribution < 1.29 is 5.11 Å². The predicted octanol–water partition coefficient (Wildman–Crippen LogP) is 2.92. The summed E-state index contributed by atoms with van der Waals surface area (Å²) in [7, 11) is 0. The first-order chi connectivity index (χ1) is 8.22. The number of rotatable bonds is 4. The van der Waals surface area contributed by atoms with Crippen molar-refractivity contribution in [3.8, 4) is 0 Å². The molecular weight excluding hydrogens is 230 g/mol. The molecule has 0 bridgehead atoms. The highest BCUT2D eigenvalue weighted by Gasteiger charge is 2.30. The summed E-state index contributed by atoms with van der Waals surface area (Å²) in [6, 6.07) is 4.21. The molecular formula is C14H23NOS. The third-order valence-electron chi connectivity index (χ3n) is 3.63. The van der Waals surface area contributed by atoms with Crippen LogP contribution in [0.2, 0.25) is 0 Å². The fourth-order valence-electron chi connectivity index (χ4n) is 2.69. The van der Waals surface area contributed by atoms with E-state index in [1.807, 2.05) is 0 Å². The van der Waals surface area contributed by atoms with Crippen LogP contribution >= 0.6 is 11.3 Å². The van der Waals surface area contributed by atoms with E-state index in [0.717, 1.165) is 38.8 Å². The lowest BCUT2D eigenvalue weighted by molar-refractivity contribution is 0.0264. The molecule has 1 N–H and O–H groups in total. The van der Waals surface area contributed by atoms with Gasteiger partial charge in [-0.15, -0.1) is 11.3 Å². The summed E-state index contributed by atoms with van der Waals surface area (Å²) in [5.74, 6) is 0. The van der Waals surface area contributed by atoms with Gasteiger partial charge in [-0.2, -0.15) is 0 Å². The second-order valence-electron chi connectivity index (χ2n) is 5.18. The van der Waals surface area contributed by atoms with Crippen molar-refractivity contribution in [2.75, 3.05) is 19.6 Å². The average Bonchev–Trinajstić information content (AvgIpc) is 2.72. The molecule has 1 aliphatic heterocycles. The molecule has 1 aromatic heterocycles. The van der Waals surface area contributed by atoms with Gasteiger partial charge in [-0.05, 0) is 50.2 Å². The van der Waals surface area contributed by atoms with Gasteiger partial charge in [-0.1, -0.05) is 13.0 Å². The molecule has 0 aliphatic carbocycles. The number of hydrogen-bond acceptors (Lipinski definition) is 3. The zero-order valence-corrected chi connectivity index (χ0v) is 11.5. The van der Waals surface area contributed by atoms with Crippen LogP contribution in [0.5, 0.6) is 0 Å². The van der Waals surface area contributed by atoms with Crippen molar-refractivity contribution in [3.63, 3.8) is 0 Å². The van der Waals surface area contributed by atoms with E-state index in [4.69, 9.17) is 0 Å². The van der Waals surface area contributed by atoms with Crippen molar-refractivity contribution in [2.24, 2.45) is 0 Å². The Bertz CT molecular complexity index is 325. The van der Waals surface area contributed by atoms with Gasteiger partial charge in [-0.3, -0.25) is 0 Å². The number of aliphatic hydroxyl groups is 1. The quantitative estimate of drug-likeness (QED) is 0.892. The Labute approximate surface area is 108 Å². The van der Waals surface area contributed by atoms with Crippen molar-refractivity contribution in [3.05, 3.63) is 22.4 Å². The first-order valence-electron chi connectivity index (χ1n) is 6.69. The minimum Gasteiger partial charge on any atom is -0.389 e. The van der Waals surface area contributed by atoms with Crippen LogP contribution in [-0.4, -0.2) is 35.2 Å². The molecule has 2 rings (SSSR count). The van der Waals surface area contributed by atoms with E-state index < -0.39 is 5.60 Å². The Morgan fingerprint density at radius 2 is 2.29 bits per heavy atom. The largest absolute Gasteiger partial charge is 0.389 e. The Kier molecular flexibility index (Phi) is 4.60. The summed E-state index contributed by atoms with van der Waals surface area (Å²) < 4.78 is 0. The Balaban J connectivity index is 1.92. The van der Waals surface area contributed by atoms with Crippen molar-refractivity contribution >= 4 is 11.3 Å². The number of nitrogens with zero attached hydrogens (tertiary/aromatic N) is 1. The fourth-order valence-corrected chi connectivity index (χ4v) is 3.53. The predicted molar refractivity (Wildman–Crippen MR) is 73.6 cm³/mol. The minimum absolute atomic E-state index is 0.465. The number of hydrogen-bond donors (Lipinski definition) is 1. The normalized spacial score (nSPS) is 26.9. The third-order valence-corrected chi connectivity index (χ3v) is 4.51. The molecule has 3 heteroatoms. The monoisotopic (exact) mass is 253 g/mol. The Hall–Kier alpha value is -0.380. The SMILES string of the molecule is CCCN1CCCC(O)(Cc2cccs2)CC1. The number of thiophene rings is 1. The van der Waals surface area contributed by atoms with Gasteiger partial charge in [0.2, 0.25) is 0 Å². The molecule has 1 saturated heterocycles. The van der Waals surface area contributed by atoms with Gasteiger partial charge in [0.05, 0.1) is 5.60 Å². The summed E-state index contributed by atoms with van der Waals surface area (Å²) in [6.07, 6.45) is 5.05. The van der Waals surface area contributed by atoms with Gasteiger partial charge in [0.1, 0.15) is 0 Å². The Morgan fingerprint density at radius 1 is 1.41 bits per heavy atom. The molecule has 1 atom stereocenters. The second kappa shape index (κ2) is 5.98. The molecule has 17 heavy (non-hydrogen) atoms. The van der Waals surface area contributed by atoms with Crippen LogP contribution in [0.1, 0.15) is 37.5 Å². The van der Waals surface area contributed by atoms with Crippen LogP contribution in [0.25, 0.3) is 0 Å². The zero-order chi connectivity index (χ0) is 12.1. The minimum atomic E-state index is -0.465. The van der Waals surface area contributed by atoms with Gasteiger partial charge >= 0.3 is 0 Å². The van der Waals surface area contributed by atoms with Crippen molar-refractivity contribution in [2.45, 2.75) is 44.6 Å². The maximum Gasteiger partial charge on any atom is 0.0708 e. The molecule has 1 aromatic rings. The van der Waals surface area contributed by atoms with Crippen LogP contribution in [0.15, 0.2) is 17.5 Å². The first kappa shape index (κ1) is 13.1. The highest BCUT2D eigenvalue weighted by atomic mass is 32.1. The van der Waals surface area contributed by atoms with Gasteiger partial charge in [0.25, 0.3) is 0 Å². The van der Waals surface area contributed by atoms with Gasteiger partial charge in [0.15, 0.2) is 0 Å². The molecule has 2 heterocycles. The van der Waals surface area contributed by atoms with E-state index in [0.29, 0.717) is 0 Å². The van der Waals surface area contributed by atoms with Crippen LogP contribution in [0, 0.1) is 0 Å². The van der Waals surface area contributed by atoms with Crippen molar-refractivity contribution in [1.29, 1.82) is 0 Å². The molecule has 0 amide bonds. The van der Waals surface area contributed by atoms with E-state index in [2.05, 4.69) is 29.3 Å². The smallest absolute Gasteiger partial charge is 0.0708 e. The third kappa shape index (κ3) is 3.80. The molecule has 96 valence electrons. The maximum atomic E-state index is 10.7. The molecule has 2 nitrogen and oxygen atoms in total. The zero-order valence-electron chi connectivity index (χ0n) is 10.7. The molecule has 0 saturated carbocycles. The van der Waals surface area contributed by atoms with Crippen LogP contribution in [-0.2, 0) is 6.42 Å². The second-order valence-corrected chi connectivity index (χ2v) is 6.21. The summed E-state index contributed by atoms with van der Waals surface area (Å²) in [5, 5.41) is 12.8. The molecule has 0 spiro atoms. The highest BCUT2D eigenvalue weighted by Crippen LogP contribution is 2.28. The van der Waals surface area contributed by atoms with E-state index >= 15 is 0 Å². The molecule has 0 aromatic carbocycles. The van der Waals surface area contributed by atoms with Crippen LogP contribution in [0.3, 0.4) is 0 Å². The topological polar surface area (TPSA) is 23.5 Å². The lowest BCUT2D eigenvalue weighted by Crippen LogP contribution is -2.33. The first-order valence-corrected chi connectivity index (χ1v) is 7.57.